The zero-order chi connectivity index (χ0) is 47.0. The smallest absolute Gasteiger partial charge is 0.411 e. The lowest BCUT2D eigenvalue weighted by molar-refractivity contribution is -0.136. The lowest BCUT2D eigenvalue weighted by Gasteiger charge is -2.30. The van der Waals surface area contributed by atoms with Crippen LogP contribution >= 0.6 is 0 Å². The van der Waals surface area contributed by atoms with Crippen LogP contribution < -0.4 is 27.0 Å². The summed E-state index contributed by atoms with van der Waals surface area (Å²) < 4.78 is 22.0. The van der Waals surface area contributed by atoms with Crippen molar-refractivity contribution in [1.82, 2.24) is 20.9 Å². The Morgan fingerprint density at radius 2 is 1.73 bits per heavy atom. The van der Waals surface area contributed by atoms with Crippen LogP contribution in [0.3, 0.4) is 0 Å². The summed E-state index contributed by atoms with van der Waals surface area (Å²) in [6, 6.07) is 2.95. The number of methoxy groups -OCH3 is 2. The number of Topliss-reactive ketones (excluding diaryl/α,β-unsaturated/α-hetero) is 1. The van der Waals surface area contributed by atoms with Gasteiger partial charge in [-0.3, -0.25) is 49.1 Å². The minimum atomic E-state index is -1.21. The van der Waals surface area contributed by atoms with Gasteiger partial charge in [0.25, 0.3) is 17.7 Å². The van der Waals surface area contributed by atoms with Crippen molar-refractivity contribution in [3.8, 4) is 0 Å². The molecule has 1 saturated heterocycles. The number of ether oxygens (including phenoxy) is 4. The van der Waals surface area contributed by atoms with Gasteiger partial charge in [0.15, 0.2) is 6.10 Å². The average Bonchev–Trinajstić information content (AvgIpc) is 3.50. The molecule has 342 valence electrons. The minimum Gasteiger partial charge on any atom is -0.447 e. The van der Waals surface area contributed by atoms with Crippen LogP contribution in [0.15, 0.2) is 76.7 Å². The van der Waals surface area contributed by atoms with Crippen LogP contribution in [-0.4, -0.2) is 121 Å². The van der Waals surface area contributed by atoms with Gasteiger partial charge in [-0.2, -0.15) is 0 Å². The molecule has 4 aliphatic rings. The third-order valence-corrected chi connectivity index (χ3v) is 11.1. The van der Waals surface area contributed by atoms with Crippen LogP contribution in [-0.2, 0) is 42.9 Å². The number of rotatable bonds is 9. The Hall–Kier alpha value is -6.77. The summed E-state index contributed by atoms with van der Waals surface area (Å²) in [6.45, 7) is 6.17. The number of nitrogens with two attached hydrogens (primary N) is 1. The number of nitrogens with one attached hydrogen (secondary N) is 4. The highest BCUT2D eigenvalue weighted by Gasteiger charge is 2.46. The van der Waals surface area contributed by atoms with Crippen molar-refractivity contribution in [3.63, 3.8) is 0 Å². The largest absolute Gasteiger partial charge is 0.447 e. The molecule has 0 radical (unpaired) electrons. The Labute approximate surface area is 368 Å². The molecular weight excluding hydrogens is 837 g/mol. The number of carbonyl (C=O) groups is 9. The monoisotopic (exact) mass is 888 g/mol. The molecular formula is C44H52N6O14. The molecule has 1 unspecified atom stereocenters. The summed E-state index contributed by atoms with van der Waals surface area (Å²) >= 11 is 0. The molecule has 2 bridgehead atoms. The van der Waals surface area contributed by atoms with Crippen molar-refractivity contribution in [3.05, 3.63) is 87.8 Å². The predicted molar refractivity (Wildman–Crippen MR) is 226 cm³/mol. The maximum absolute atomic E-state index is 14.1. The summed E-state index contributed by atoms with van der Waals surface area (Å²) in [5.41, 5.74) is 5.39. The number of benzene rings is 1. The molecule has 1 aromatic rings. The number of nitrogens with zero attached hydrogens (tertiary/aromatic N) is 1. The summed E-state index contributed by atoms with van der Waals surface area (Å²) in [5, 5.41) is 21.4. The van der Waals surface area contributed by atoms with E-state index in [0.717, 1.165) is 11.0 Å². The number of aliphatic hydroxyl groups is 1. The van der Waals surface area contributed by atoms with Crippen LogP contribution in [0.4, 0.5) is 15.3 Å². The predicted octanol–water partition coefficient (Wildman–Crippen LogP) is 2.00. The van der Waals surface area contributed by atoms with Gasteiger partial charge in [0.2, 0.25) is 23.4 Å². The first-order chi connectivity index (χ1) is 30.4. The number of fused-ring (bicyclic) bond motifs is 3. The van der Waals surface area contributed by atoms with E-state index < -0.39 is 95.6 Å². The van der Waals surface area contributed by atoms with Gasteiger partial charge in [-0.1, -0.05) is 44.2 Å². The van der Waals surface area contributed by atoms with Crippen LogP contribution in [0.5, 0.6) is 0 Å². The molecule has 7 amide bonds. The zero-order valence-electron chi connectivity index (χ0n) is 36.2. The summed E-state index contributed by atoms with van der Waals surface area (Å²) in [5.74, 6) is -5.87. The lowest BCUT2D eigenvalue weighted by atomic mass is 9.85. The van der Waals surface area contributed by atoms with Crippen molar-refractivity contribution in [2.45, 2.75) is 83.8 Å². The molecule has 3 aliphatic heterocycles. The normalized spacial score (nSPS) is 28.2. The summed E-state index contributed by atoms with van der Waals surface area (Å²) in [7, 11) is 2.81. The van der Waals surface area contributed by atoms with Gasteiger partial charge in [-0.05, 0) is 56.7 Å². The number of amides is 7. The Balaban J connectivity index is 1.33. The van der Waals surface area contributed by atoms with Gasteiger partial charge in [-0.15, -0.1) is 0 Å². The number of piperidine rings is 1. The Morgan fingerprint density at radius 1 is 1.00 bits per heavy atom. The van der Waals surface area contributed by atoms with Crippen LogP contribution in [0.25, 0.3) is 0 Å². The highest BCUT2D eigenvalue weighted by molar-refractivity contribution is 6.26. The van der Waals surface area contributed by atoms with E-state index in [1.165, 1.54) is 57.6 Å². The molecule has 5 rings (SSSR count). The number of imide groups is 2. The van der Waals surface area contributed by atoms with E-state index in [9.17, 15) is 48.3 Å². The summed E-state index contributed by atoms with van der Waals surface area (Å²) in [4.78, 5) is 117. The van der Waals surface area contributed by atoms with Gasteiger partial charge in [0.1, 0.15) is 18.8 Å². The molecule has 1 aromatic carbocycles. The number of anilines is 1. The van der Waals surface area contributed by atoms with Crippen molar-refractivity contribution in [1.29, 1.82) is 0 Å². The fourth-order valence-corrected chi connectivity index (χ4v) is 7.86. The number of primary amides is 1. The van der Waals surface area contributed by atoms with Crippen LogP contribution in [0.1, 0.15) is 74.1 Å². The number of allylic oxidation sites excluding steroid dienone is 4. The van der Waals surface area contributed by atoms with Crippen LogP contribution in [0.2, 0.25) is 0 Å². The third kappa shape index (κ3) is 11.1. The van der Waals surface area contributed by atoms with Crippen molar-refractivity contribution in [2.75, 3.05) is 32.7 Å². The van der Waals surface area contributed by atoms with Gasteiger partial charge in [-0.25, -0.2) is 9.59 Å². The maximum Gasteiger partial charge on any atom is 0.411 e. The minimum absolute atomic E-state index is 0.0133. The molecule has 1 fully saturated rings. The zero-order valence-corrected chi connectivity index (χ0v) is 36.2. The molecule has 7 N–H and O–H groups in total. The molecule has 0 aromatic heterocycles. The van der Waals surface area contributed by atoms with Crippen molar-refractivity contribution in [2.24, 2.45) is 17.6 Å². The lowest BCUT2D eigenvalue weighted by Crippen LogP contribution is -2.54. The molecule has 64 heavy (non-hydrogen) atoms. The fourth-order valence-electron chi connectivity index (χ4n) is 7.86. The topological polar surface area (TPSA) is 288 Å². The van der Waals surface area contributed by atoms with Crippen molar-refractivity contribution >= 4 is 59.0 Å². The number of hydrogen-bond donors (Lipinski definition) is 6. The van der Waals surface area contributed by atoms with Crippen LogP contribution in [0, 0.1) is 11.8 Å². The van der Waals surface area contributed by atoms with Gasteiger partial charge >= 0.3 is 12.2 Å². The Morgan fingerprint density at radius 3 is 2.41 bits per heavy atom. The van der Waals surface area contributed by atoms with E-state index in [2.05, 4.69) is 21.3 Å². The van der Waals surface area contributed by atoms with E-state index in [4.69, 9.17) is 24.7 Å². The Bertz CT molecular complexity index is 2280. The highest BCUT2D eigenvalue weighted by atomic mass is 16.6. The third-order valence-electron chi connectivity index (χ3n) is 11.1. The average molecular weight is 889 g/mol. The second kappa shape index (κ2) is 21.1. The first kappa shape index (κ1) is 48.3. The second-order valence-electron chi connectivity index (χ2n) is 15.8. The summed E-state index contributed by atoms with van der Waals surface area (Å²) in [6.07, 6.45) is 1.41. The first-order valence-corrected chi connectivity index (χ1v) is 20.5. The number of hydrogen-bond acceptors (Lipinski definition) is 15. The van der Waals surface area contributed by atoms with E-state index in [1.807, 2.05) is 0 Å². The molecule has 1 aliphatic carbocycles. The Kier molecular flexibility index (Phi) is 15.9. The van der Waals surface area contributed by atoms with Gasteiger partial charge in [0.05, 0.1) is 40.4 Å². The molecule has 3 heterocycles. The first-order valence-electron chi connectivity index (χ1n) is 20.5. The SMILES string of the molecule is CO[C@H]1/C=C\C=C(/C)C(=O)NC2=CC(=O)C(NCCOC(=O)Nc3cccc4c3C(=O)N(C3CCC(=O)NC3=O)C4=O)=C(C[C@@H](C)C[C@H](OC)[C@@H](O)[C@@H](C)/C=C(\C)[C@@H]1OC(N)=O)C2=O. The quantitative estimate of drug-likeness (QED) is 0.0895. The molecule has 0 spiro atoms. The maximum atomic E-state index is 14.1. The molecule has 7 atom stereocenters. The van der Waals surface area contributed by atoms with Gasteiger partial charge in [0, 0.05) is 50.3 Å². The molecule has 20 nitrogen and oxygen atoms in total. The second-order valence-corrected chi connectivity index (χ2v) is 15.8. The number of ketones is 2. The fraction of sp³-hybridized carbons (Fsp3) is 0.432. The molecule has 0 saturated carbocycles. The number of carbonyl (C=O) groups excluding carboxylic acids is 9. The van der Waals surface area contributed by atoms with E-state index in [0.29, 0.717) is 5.57 Å². The molecule has 20 heteroatoms. The number of aliphatic hydroxyl groups excluding tert-OH is 1. The van der Waals surface area contributed by atoms with E-state index in [-0.39, 0.29) is 78.2 Å². The standard InChI is InChI=1S/C44H52N6O14/c1-21-17-26-35(46-15-16-63-44(60)48-27-11-8-10-25-34(27)42(58)50(41(25)57)29-13-14-33(52)49-40(29)56)30(51)20-28(37(26)54)47-39(55)22(2)9-7-12-31(61-5)38(64-43(45)59)24(4)19-23(3)36(53)32(18-21)62-6/h7-12,19-21,23,29,31-32,36,38,46,53H,13-18H2,1-6H3,(H2,45,59)(H,47,55)(H,48,60)(H,49,52,56)/b12-7-,22-9+,24-19+/t21-,23+,29?,31+,32+,36+,38+/m1/s1. The van der Waals surface area contributed by atoms with Gasteiger partial charge < -0.3 is 40.4 Å². The van der Waals surface area contributed by atoms with Crippen molar-refractivity contribution < 1.29 is 67.2 Å². The van der Waals surface area contributed by atoms with E-state index in [1.54, 1.807) is 26.8 Å². The van der Waals surface area contributed by atoms with E-state index >= 15 is 0 Å². The highest BCUT2D eigenvalue weighted by Crippen LogP contribution is 2.33.